The molecule has 70 heavy (non-hydrogen) atoms. The highest BCUT2D eigenvalue weighted by Gasteiger charge is 2.60. The Labute approximate surface area is 431 Å². The normalized spacial score (nSPS) is 38.3. The van der Waals surface area contributed by atoms with E-state index in [9.17, 15) is 20.4 Å². The summed E-state index contributed by atoms with van der Waals surface area (Å²) in [5.74, 6) is 16.2. The van der Waals surface area contributed by atoms with Crippen LogP contribution < -0.4 is 0 Å². The summed E-state index contributed by atoms with van der Waals surface area (Å²) in [6, 6.07) is 0. The summed E-state index contributed by atoms with van der Waals surface area (Å²) < 4.78 is 0. The minimum absolute atomic E-state index is 0.270. The Kier molecular flexibility index (Phi) is 18.7. The van der Waals surface area contributed by atoms with Gasteiger partial charge in [0, 0.05) is 0 Å². The van der Waals surface area contributed by atoms with Crippen LogP contribution in [0.3, 0.4) is 0 Å². The molecule has 7 saturated carbocycles. The molecule has 4 N–H and O–H groups in total. The van der Waals surface area contributed by atoms with Crippen LogP contribution in [0.15, 0.2) is 48.6 Å². The van der Waals surface area contributed by atoms with Crippen molar-refractivity contribution in [2.24, 2.45) is 107 Å². The fourth-order valence-corrected chi connectivity index (χ4v) is 18.1. The molecule has 398 valence electrons. The standard InChI is InChI=1S/C19H30O.C19H34O.C15H24O.C13H22O/c1-19(2,20)8-4-3-5-12-9-15-11-16(12)18-14-7-6-13(10-14)17(15)18;1-14(2)19(20,15(3)4)11-7-5-6-8-17-12-16-9-10-18(17)13-16;16-15(7-1-2-8-15)9-3-4-13-10-12-5-6-14(13)11-12;1-13(2,14)7-3-4-11-8-10-5-6-12(11)9-10/h6-7,12-18,20H,3-5,8-11H2,1-2H3;9-10,14-18,20H,5-8,11-13H2,1-4H3;5-6,12-14,16H,1-4,7-11H2;5-6,10-12,14H,3-4,7-9H2,1-2H3. The van der Waals surface area contributed by atoms with Gasteiger partial charge in [-0.2, -0.15) is 0 Å². The van der Waals surface area contributed by atoms with Crippen molar-refractivity contribution in [1.82, 2.24) is 0 Å². The van der Waals surface area contributed by atoms with Crippen LogP contribution in [0.2, 0.25) is 0 Å². The van der Waals surface area contributed by atoms with Crippen LogP contribution in [-0.2, 0) is 0 Å². The number of fused-ring (bicyclic) bond motifs is 15. The van der Waals surface area contributed by atoms with Crippen LogP contribution in [0.5, 0.6) is 0 Å². The second-order valence-electron chi connectivity index (χ2n) is 28.9. The van der Waals surface area contributed by atoms with E-state index in [1.807, 2.05) is 27.7 Å². The van der Waals surface area contributed by atoms with Crippen molar-refractivity contribution in [3.05, 3.63) is 48.6 Å². The van der Waals surface area contributed by atoms with E-state index in [-0.39, 0.29) is 5.60 Å². The number of rotatable bonds is 21. The molecule has 11 rings (SSSR count). The summed E-state index contributed by atoms with van der Waals surface area (Å²) in [5, 5.41) is 40.4. The summed E-state index contributed by atoms with van der Waals surface area (Å²) >= 11 is 0. The number of hydrogen-bond donors (Lipinski definition) is 4. The zero-order valence-electron chi connectivity index (χ0n) is 46.6. The lowest BCUT2D eigenvalue weighted by atomic mass is 9.68. The molecule has 11 aliphatic carbocycles. The molecule has 0 aromatic rings. The van der Waals surface area contributed by atoms with Gasteiger partial charge in [0.2, 0.25) is 0 Å². The molecule has 0 spiro atoms. The smallest absolute Gasteiger partial charge is 0.0693 e. The van der Waals surface area contributed by atoms with Crippen LogP contribution in [0, 0.1) is 107 Å². The number of aliphatic hydroxyl groups is 4. The van der Waals surface area contributed by atoms with Crippen LogP contribution in [0.4, 0.5) is 0 Å². The lowest BCUT2D eigenvalue weighted by Gasteiger charge is -2.37. The first-order valence-electron chi connectivity index (χ1n) is 30.9. The van der Waals surface area contributed by atoms with Gasteiger partial charge in [0.25, 0.3) is 0 Å². The SMILES string of the molecule is CC(C)(O)CCCC1CC2C=CC1C2.CC(C)(O)CCCCC1CC2CC1C1C3C=CC(C3)C21.CC(C)C(O)(CCCCCC1CC2C=CC1C2)C(C)C.OC1(CCCC2CC3C=CC2C3)CCCC1. The lowest BCUT2D eigenvalue weighted by molar-refractivity contribution is -0.0556. The van der Waals surface area contributed by atoms with Crippen molar-refractivity contribution in [2.45, 2.75) is 258 Å². The molecule has 10 bridgehead atoms. The van der Waals surface area contributed by atoms with Gasteiger partial charge in [0.05, 0.1) is 22.4 Å². The van der Waals surface area contributed by atoms with Crippen LogP contribution in [0.25, 0.3) is 0 Å². The largest absolute Gasteiger partial charge is 0.390 e. The lowest BCUT2D eigenvalue weighted by Crippen LogP contribution is -2.40. The number of allylic oxidation sites excluding steroid dienone is 8. The van der Waals surface area contributed by atoms with Crippen molar-refractivity contribution in [3.63, 3.8) is 0 Å². The molecule has 0 heterocycles. The molecule has 4 heteroatoms. The van der Waals surface area contributed by atoms with Gasteiger partial charge in [-0.15, -0.1) is 0 Å². The van der Waals surface area contributed by atoms with E-state index >= 15 is 0 Å². The average Bonchev–Trinajstić information content (AvgIpc) is 4.15. The molecule has 0 aromatic heterocycles. The highest BCUT2D eigenvalue weighted by Crippen LogP contribution is 2.67. The van der Waals surface area contributed by atoms with E-state index in [0.717, 1.165) is 133 Å². The summed E-state index contributed by atoms with van der Waals surface area (Å²) in [5.41, 5.74) is -1.66. The first-order valence-corrected chi connectivity index (χ1v) is 30.9. The maximum absolute atomic E-state index is 10.8. The van der Waals surface area contributed by atoms with Gasteiger partial charge in [-0.1, -0.05) is 141 Å². The first-order chi connectivity index (χ1) is 33.3. The minimum Gasteiger partial charge on any atom is -0.390 e. The Balaban J connectivity index is 0.000000127. The highest BCUT2D eigenvalue weighted by molar-refractivity contribution is 5.20. The molecule has 0 saturated heterocycles. The van der Waals surface area contributed by atoms with E-state index < -0.39 is 16.8 Å². The van der Waals surface area contributed by atoms with E-state index in [2.05, 4.69) is 76.3 Å². The fourth-order valence-electron chi connectivity index (χ4n) is 18.1. The Morgan fingerprint density at radius 1 is 0.443 bits per heavy atom. The van der Waals surface area contributed by atoms with E-state index in [1.54, 1.807) is 6.42 Å². The maximum Gasteiger partial charge on any atom is 0.0693 e. The van der Waals surface area contributed by atoms with Crippen LogP contribution in [0.1, 0.15) is 235 Å². The van der Waals surface area contributed by atoms with Crippen LogP contribution in [-0.4, -0.2) is 42.8 Å². The second-order valence-corrected chi connectivity index (χ2v) is 28.9. The second kappa shape index (κ2) is 23.8. The van der Waals surface area contributed by atoms with Crippen molar-refractivity contribution in [3.8, 4) is 0 Å². The van der Waals surface area contributed by atoms with E-state index in [1.165, 1.54) is 135 Å². The predicted octanol–water partition coefficient (Wildman–Crippen LogP) is 16.4. The van der Waals surface area contributed by atoms with Gasteiger partial charge in [-0.25, -0.2) is 0 Å². The third-order valence-electron chi connectivity index (χ3n) is 22.0. The quantitative estimate of drug-likeness (QED) is 0.0525. The average molecular weight is 968 g/mol. The third-order valence-corrected chi connectivity index (χ3v) is 22.0. The Morgan fingerprint density at radius 2 is 0.886 bits per heavy atom. The van der Waals surface area contributed by atoms with Gasteiger partial charge in [-0.3, -0.25) is 0 Å². The van der Waals surface area contributed by atoms with Crippen molar-refractivity contribution in [2.75, 3.05) is 0 Å². The van der Waals surface area contributed by atoms with Crippen molar-refractivity contribution in [1.29, 1.82) is 0 Å². The number of unbranched alkanes of at least 4 members (excludes halogenated alkanes) is 3. The molecule has 7 fully saturated rings. The van der Waals surface area contributed by atoms with Gasteiger partial charge in [0.1, 0.15) is 0 Å². The molecule has 16 atom stereocenters. The summed E-state index contributed by atoms with van der Waals surface area (Å²) in [4.78, 5) is 0. The van der Waals surface area contributed by atoms with Gasteiger partial charge >= 0.3 is 0 Å². The van der Waals surface area contributed by atoms with E-state index in [4.69, 9.17) is 0 Å². The maximum atomic E-state index is 10.8. The Bertz CT molecular complexity index is 1720. The monoisotopic (exact) mass is 967 g/mol. The number of hydrogen-bond acceptors (Lipinski definition) is 4. The molecule has 0 aromatic carbocycles. The molecule has 0 radical (unpaired) electrons. The molecule has 0 amide bonds. The Hall–Kier alpha value is -1.20. The van der Waals surface area contributed by atoms with Gasteiger partial charge in [0.15, 0.2) is 0 Å². The topological polar surface area (TPSA) is 80.9 Å². The molecular weight excluding hydrogens is 857 g/mol. The van der Waals surface area contributed by atoms with E-state index in [0.29, 0.717) is 11.8 Å². The predicted molar refractivity (Wildman–Crippen MR) is 294 cm³/mol. The highest BCUT2D eigenvalue weighted by atomic mass is 16.3. The molecule has 16 unspecified atom stereocenters. The van der Waals surface area contributed by atoms with Crippen LogP contribution >= 0.6 is 0 Å². The zero-order chi connectivity index (χ0) is 49.8. The summed E-state index contributed by atoms with van der Waals surface area (Å²) in [6.07, 6.45) is 55.7. The van der Waals surface area contributed by atoms with Gasteiger partial charge < -0.3 is 20.4 Å². The Morgan fingerprint density at radius 3 is 1.37 bits per heavy atom. The first kappa shape index (κ1) is 55.0. The molecular formula is C66H110O4. The molecule has 0 aliphatic heterocycles. The minimum atomic E-state index is -0.465. The molecule has 4 nitrogen and oxygen atoms in total. The third kappa shape index (κ3) is 14.2. The van der Waals surface area contributed by atoms with Gasteiger partial charge in [-0.05, 0) is 250 Å². The van der Waals surface area contributed by atoms with Crippen molar-refractivity contribution >= 4 is 0 Å². The fraction of sp³-hybridized carbons (Fsp3) is 0.879. The molecule has 11 aliphatic rings. The zero-order valence-corrected chi connectivity index (χ0v) is 46.6. The summed E-state index contributed by atoms with van der Waals surface area (Å²) in [7, 11) is 0. The summed E-state index contributed by atoms with van der Waals surface area (Å²) in [6.45, 7) is 16.3. The van der Waals surface area contributed by atoms with Crippen molar-refractivity contribution < 1.29 is 20.4 Å².